The van der Waals surface area contributed by atoms with Crippen molar-refractivity contribution in [3.05, 3.63) is 88.6 Å². The first-order valence-corrected chi connectivity index (χ1v) is 14.8. The summed E-state index contributed by atoms with van der Waals surface area (Å²) < 4.78 is 17.1. The van der Waals surface area contributed by atoms with Crippen molar-refractivity contribution in [3.8, 4) is 17.2 Å². The molecule has 0 bridgehead atoms. The molecule has 8 heteroatoms. The van der Waals surface area contributed by atoms with Gasteiger partial charge in [0, 0.05) is 30.8 Å². The standard InChI is InChI=1S/C35H39N3O5/c1-35(2)18-26-32(28(39)19-35)33(24-16-29(41-3)34(43-5)30(17-24)42-4)38(27-13-9-8-12-25(27)36-26)21-31(40)37-15-14-22-10-6-7-11-23(22)20-37/h6-13,16-17,33,36H,14-15,18-21H2,1-5H3. The fraction of sp³-hybridized carbons (Fsp3) is 0.371. The highest BCUT2D eigenvalue weighted by Gasteiger charge is 2.43. The number of carbonyl (C=O) groups excluding carboxylic acids is 2. The number of methoxy groups -OCH3 is 3. The summed E-state index contributed by atoms with van der Waals surface area (Å²) in [6.45, 7) is 5.56. The van der Waals surface area contributed by atoms with Crippen molar-refractivity contribution in [3.63, 3.8) is 0 Å². The third-order valence-corrected chi connectivity index (χ3v) is 8.80. The van der Waals surface area contributed by atoms with Gasteiger partial charge in [0.15, 0.2) is 17.3 Å². The van der Waals surface area contributed by atoms with Crippen molar-refractivity contribution >= 4 is 23.1 Å². The van der Waals surface area contributed by atoms with Crippen LogP contribution in [0.25, 0.3) is 0 Å². The van der Waals surface area contributed by atoms with E-state index in [0.29, 0.717) is 48.8 Å². The largest absolute Gasteiger partial charge is 0.493 e. The van der Waals surface area contributed by atoms with Crippen LogP contribution < -0.4 is 24.4 Å². The Balaban J connectivity index is 1.51. The number of para-hydroxylation sites is 2. The highest BCUT2D eigenvalue weighted by atomic mass is 16.5. The van der Waals surface area contributed by atoms with Crippen LogP contribution in [0.1, 0.15) is 49.4 Å². The van der Waals surface area contributed by atoms with Gasteiger partial charge in [-0.1, -0.05) is 50.2 Å². The maximum absolute atomic E-state index is 14.2. The molecule has 8 nitrogen and oxygen atoms in total. The molecule has 2 aliphatic heterocycles. The Labute approximate surface area is 253 Å². The van der Waals surface area contributed by atoms with E-state index in [2.05, 4.69) is 36.2 Å². The van der Waals surface area contributed by atoms with Crippen LogP contribution in [0.2, 0.25) is 0 Å². The van der Waals surface area contributed by atoms with E-state index < -0.39 is 6.04 Å². The molecule has 1 unspecified atom stereocenters. The van der Waals surface area contributed by atoms with Crippen molar-refractivity contribution in [1.29, 1.82) is 0 Å². The molecule has 0 saturated carbocycles. The minimum absolute atomic E-state index is 0.00869. The number of benzene rings is 3. The van der Waals surface area contributed by atoms with Gasteiger partial charge in [-0.05, 0) is 59.2 Å². The molecule has 1 amide bonds. The topological polar surface area (TPSA) is 80.3 Å². The predicted molar refractivity (Wildman–Crippen MR) is 167 cm³/mol. The molecule has 1 atom stereocenters. The molecule has 0 spiro atoms. The molecule has 3 aromatic rings. The molecule has 3 aliphatic rings. The van der Waals surface area contributed by atoms with Crippen LogP contribution in [-0.2, 0) is 22.6 Å². The first kappa shape index (κ1) is 28.6. The number of hydrogen-bond acceptors (Lipinski definition) is 7. The number of hydrogen-bond donors (Lipinski definition) is 1. The van der Waals surface area contributed by atoms with E-state index in [1.165, 1.54) is 11.1 Å². The van der Waals surface area contributed by atoms with Crippen molar-refractivity contribution in [2.45, 2.75) is 45.7 Å². The Morgan fingerprint density at radius 3 is 2.30 bits per heavy atom. The minimum atomic E-state index is -0.565. The summed E-state index contributed by atoms with van der Waals surface area (Å²) in [7, 11) is 4.74. The lowest BCUT2D eigenvalue weighted by Gasteiger charge is -2.39. The van der Waals surface area contributed by atoms with Gasteiger partial charge < -0.3 is 29.3 Å². The fourth-order valence-electron chi connectivity index (χ4n) is 6.79. The second kappa shape index (κ2) is 11.3. The van der Waals surface area contributed by atoms with Crippen LogP contribution >= 0.6 is 0 Å². The number of ether oxygens (including phenoxy) is 3. The molecule has 224 valence electrons. The minimum Gasteiger partial charge on any atom is -0.493 e. The Morgan fingerprint density at radius 1 is 0.930 bits per heavy atom. The fourth-order valence-corrected chi connectivity index (χ4v) is 6.79. The van der Waals surface area contributed by atoms with Crippen molar-refractivity contribution < 1.29 is 23.8 Å². The SMILES string of the molecule is COc1cc(C2C3=C(CC(C)(C)CC3=O)Nc3ccccc3N2CC(=O)N2CCc3ccccc3C2)cc(OC)c1OC. The zero-order valence-corrected chi connectivity index (χ0v) is 25.5. The highest BCUT2D eigenvalue weighted by molar-refractivity contribution is 6.02. The molecule has 0 radical (unpaired) electrons. The second-order valence-corrected chi connectivity index (χ2v) is 12.3. The lowest BCUT2D eigenvalue weighted by Crippen LogP contribution is -2.45. The molecule has 1 N–H and O–H groups in total. The number of anilines is 2. The molecule has 1 aliphatic carbocycles. The maximum Gasteiger partial charge on any atom is 0.242 e. The number of amides is 1. The summed E-state index contributed by atoms with van der Waals surface area (Å²) in [5.74, 6) is 1.53. The Morgan fingerprint density at radius 2 is 1.60 bits per heavy atom. The van der Waals surface area contributed by atoms with Gasteiger partial charge in [0.2, 0.25) is 11.7 Å². The van der Waals surface area contributed by atoms with Crippen LogP contribution in [0, 0.1) is 5.41 Å². The maximum atomic E-state index is 14.2. The van der Waals surface area contributed by atoms with E-state index in [1.54, 1.807) is 21.3 Å². The highest BCUT2D eigenvalue weighted by Crippen LogP contribution is 2.50. The number of carbonyl (C=O) groups is 2. The van der Waals surface area contributed by atoms with Crippen LogP contribution in [0.15, 0.2) is 71.9 Å². The number of nitrogens with zero attached hydrogens (tertiary/aromatic N) is 2. The van der Waals surface area contributed by atoms with E-state index in [-0.39, 0.29) is 23.7 Å². The first-order valence-electron chi connectivity index (χ1n) is 14.8. The van der Waals surface area contributed by atoms with E-state index in [4.69, 9.17) is 14.2 Å². The van der Waals surface area contributed by atoms with Crippen LogP contribution in [0.3, 0.4) is 0 Å². The zero-order chi connectivity index (χ0) is 30.3. The lowest BCUT2D eigenvalue weighted by atomic mass is 9.73. The number of Topliss-reactive ketones (excluding diaryl/α,β-unsaturated/α-hetero) is 1. The van der Waals surface area contributed by atoms with Crippen molar-refractivity contribution in [2.24, 2.45) is 5.41 Å². The van der Waals surface area contributed by atoms with E-state index in [0.717, 1.165) is 29.1 Å². The molecule has 3 aromatic carbocycles. The third kappa shape index (κ3) is 5.31. The normalized spacial score (nSPS) is 19.0. The van der Waals surface area contributed by atoms with Crippen LogP contribution in [0.4, 0.5) is 11.4 Å². The molecular weight excluding hydrogens is 542 g/mol. The second-order valence-electron chi connectivity index (χ2n) is 12.3. The van der Waals surface area contributed by atoms with Crippen LogP contribution in [-0.4, -0.2) is 51.0 Å². The Bertz CT molecular complexity index is 1590. The summed E-state index contributed by atoms with van der Waals surface area (Å²) in [5.41, 5.74) is 6.32. The summed E-state index contributed by atoms with van der Waals surface area (Å²) in [5, 5.41) is 3.63. The summed E-state index contributed by atoms with van der Waals surface area (Å²) in [6, 6.07) is 19.5. The number of nitrogens with one attached hydrogen (secondary N) is 1. The molecule has 6 rings (SSSR count). The van der Waals surface area contributed by atoms with Gasteiger partial charge in [0.25, 0.3) is 0 Å². The van der Waals surface area contributed by atoms with Gasteiger partial charge >= 0.3 is 0 Å². The van der Waals surface area contributed by atoms with E-state index >= 15 is 0 Å². The third-order valence-electron chi connectivity index (χ3n) is 8.80. The predicted octanol–water partition coefficient (Wildman–Crippen LogP) is 5.91. The van der Waals surface area contributed by atoms with Gasteiger partial charge in [0.1, 0.15) is 0 Å². The summed E-state index contributed by atoms with van der Waals surface area (Å²) >= 11 is 0. The quantitative estimate of drug-likeness (QED) is 0.388. The van der Waals surface area contributed by atoms with Crippen LogP contribution in [0.5, 0.6) is 17.2 Å². The average Bonchev–Trinajstić information content (AvgIpc) is 3.13. The van der Waals surface area contributed by atoms with E-state index in [1.807, 2.05) is 53.4 Å². The van der Waals surface area contributed by atoms with Gasteiger partial charge in [-0.3, -0.25) is 9.59 Å². The van der Waals surface area contributed by atoms with Crippen molar-refractivity contribution in [1.82, 2.24) is 4.90 Å². The van der Waals surface area contributed by atoms with Crippen molar-refractivity contribution in [2.75, 3.05) is 44.6 Å². The van der Waals surface area contributed by atoms with Gasteiger partial charge in [-0.25, -0.2) is 0 Å². The molecule has 0 fully saturated rings. The summed E-state index contributed by atoms with van der Waals surface area (Å²) in [4.78, 5) is 32.3. The monoisotopic (exact) mass is 581 g/mol. The number of rotatable bonds is 6. The Hall–Kier alpha value is -4.46. The molecule has 0 saturated heterocycles. The number of fused-ring (bicyclic) bond motifs is 2. The zero-order valence-electron chi connectivity index (χ0n) is 25.5. The van der Waals surface area contributed by atoms with Gasteiger partial charge in [-0.2, -0.15) is 0 Å². The molecule has 0 aromatic heterocycles. The number of ketones is 1. The summed E-state index contributed by atoms with van der Waals surface area (Å²) in [6.07, 6.45) is 1.93. The molecular formula is C35H39N3O5. The molecule has 2 heterocycles. The first-order chi connectivity index (χ1) is 20.7. The van der Waals surface area contributed by atoms with E-state index in [9.17, 15) is 9.59 Å². The molecule has 43 heavy (non-hydrogen) atoms. The number of allylic oxidation sites excluding steroid dienone is 1. The Kier molecular flexibility index (Phi) is 7.54. The van der Waals surface area contributed by atoms with Gasteiger partial charge in [-0.15, -0.1) is 0 Å². The smallest absolute Gasteiger partial charge is 0.242 e. The lowest BCUT2D eigenvalue weighted by molar-refractivity contribution is -0.130. The van der Waals surface area contributed by atoms with Gasteiger partial charge in [0.05, 0.1) is 45.3 Å². The average molecular weight is 582 g/mol.